The van der Waals surface area contributed by atoms with Crippen LogP contribution in [0.3, 0.4) is 0 Å². The summed E-state index contributed by atoms with van der Waals surface area (Å²) < 4.78 is 6.85. The van der Waals surface area contributed by atoms with Gasteiger partial charge in [0, 0.05) is 37.8 Å². The average molecular weight is 469 g/mol. The van der Waals surface area contributed by atoms with E-state index in [1.807, 2.05) is 13.8 Å². The summed E-state index contributed by atoms with van der Waals surface area (Å²) in [6, 6.07) is 6.80. The van der Waals surface area contributed by atoms with Gasteiger partial charge in [0.25, 0.3) is 5.91 Å². The van der Waals surface area contributed by atoms with Crippen LogP contribution in [-0.4, -0.2) is 59.2 Å². The minimum Gasteiger partial charge on any atom is -0.462 e. The Bertz CT molecular complexity index is 1020. The molecular weight excluding hydrogens is 432 g/mol. The molecule has 0 unspecified atom stereocenters. The van der Waals surface area contributed by atoms with Gasteiger partial charge < -0.3 is 9.64 Å². The lowest BCUT2D eigenvalue weighted by Crippen LogP contribution is -2.43. The first kappa shape index (κ1) is 25.5. The number of hydrogen-bond acceptors (Lipinski definition) is 5. The van der Waals surface area contributed by atoms with Crippen molar-refractivity contribution in [2.24, 2.45) is 11.8 Å². The van der Waals surface area contributed by atoms with Crippen molar-refractivity contribution in [3.8, 4) is 5.69 Å². The van der Waals surface area contributed by atoms with Gasteiger partial charge in [-0.3, -0.25) is 14.5 Å². The number of esters is 1. The molecule has 1 saturated carbocycles. The summed E-state index contributed by atoms with van der Waals surface area (Å²) in [5.41, 5.74) is 1.48. The Morgan fingerprint density at radius 3 is 2.24 bits per heavy atom. The lowest BCUT2D eigenvalue weighted by molar-refractivity contribution is -0.124. The van der Waals surface area contributed by atoms with Gasteiger partial charge >= 0.3 is 5.97 Å². The van der Waals surface area contributed by atoms with E-state index < -0.39 is 5.97 Å². The maximum absolute atomic E-state index is 13.6. The zero-order valence-corrected chi connectivity index (χ0v) is 21.1. The average Bonchev–Trinajstić information content (AvgIpc) is 3.24. The molecule has 34 heavy (non-hydrogen) atoms. The second-order valence-electron chi connectivity index (χ2n) is 9.54. The number of rotatable bonds is 7. The van der Waals surface area contributed by atoms with Gasteiger partial charge in [-0.2, -0.15) is 0 Å². The quantitative estimate of drug-likeness (QED) is 0.565. The third kappa shape index (κ3) is 5.48. The first-order valence-electron chi connectivity index (χ1n) is 12.1. The van der Waals surface area contributed by atoms with E-state index in [1.165, 1.54) is 4.90 Å². The van der Waals surface area contributed by atoms with Crippen molar-refractivity contribution in [1.29, 1.82) is 0 Å². The third-order valence-corrected chi connectivity index (χ3v) is 6.32. The second kappa shape index (κ2) is 10.8. The van der Waals surface area contributed by atoms with Crippen molar-refractivity contribution < 1.29 is 19.1 Å². The molecule has 1 fully saturated rings. The molecular formula is C26H36N4O4. The Labute approximate surface area is 201 Å². The Morgan fingerprint density at radius 1 is 1.09 bits per heavy atom. The van der Waals surface area contributed by atoms with Gasteiger partial charge in [0.1, 0.15) is 5.56 Å². The number of amides is 2. The molecule has 1 aromatic heterocycles. The zero-order valence-electron chi connectivity index (χ0n) is 21.1. The van der Waals surface area contributed by atoms with Crippen LogP contribution in [0.25, 0.3) is 5.69 Å². The van der Waals surface area contributed by atoms with Gasteiger partial charge in [0.05, 0.1) is 12.3 Å². The number of anilines is 1. The fourth-order valence-corrected chi connectivity index (χ4v) is 4.35. The Kier molecular flexibility index (Phi) is 8.12. The molecule has 0 bridgehead atoms. The molecule has 1 aliphatic rings. The Morgan fingerprint density at radius 2 is 1.71 bits per heavy atom. The maximum Gasteiger partial charge on any atom is 0.343 e. The van der Waals surface area contributed by atoms with Gasteiger partial charge in [0.2, 0.25) is 5.91 Å². The highest BCUT2D eigenvalue weighted by Gasteiger charge is 2.34. The number of ether oxygens (including phenoxy) is 1. The molecule has 184 valence electrons. The van der Waals surface area contributed by atoms with Gasteiger partial charge in [-0.05, 0) is 76.6 Å². The standard InChI is InChI=1S/C26H36N4O4/c1-7-34-26(33)22-16-29(21-14-12-19(13-15-21)24(31)28(5)6)27-23(22)30(17(2)3)25(32)20-10-8-18(4)9-11-20/h12-18,20H,7-11H2,1-6H3. The van der Waals surface area contributed by atoms with E-state index in [0.29, 0.717) is 23.0 Å². The fraction of sp³-hybridized carbons (Fsp3) is 0.538. The SMILES string of the molecule is CCOC(=O)c1cn(-c2ccc(C(=O)N(C)C)cc2)nc1N(C(=O)C1CCC(C)CC1)C(C)C. The van der Waals surface area contributed by atoms with Crippen LogP contribution in [0.5, 0.6) is 0 Å². The minimum absolute atomic E-state index is 0.00428. The number of aromatic nitrogens is 2. The number of carbonyl (C=O) groups is 3. The summed E-state index contributed by atoms with van der Waals surface area (Å²) >= 11 is 0. The van der Waals surface area contributed by atoms with E-state index >= 15 is 0 Å². The van der Waals surface area contributed by atoms with Crippen molar-refractivity contribution in [3.05, 3.63) is 41.6 Å². The lowest BCUT2D eigenvalue weighted by Gasteiger charge is -2.32. The van der Waals surface area contributed by atoms with Crippen LogP contribution in [0.15, 0.2) is 30.5 Å². The van der Waals surface area contributed by atoms with Crippen LogP contribution >= 0.6 is 0 Å². The molecule has 0 atom stereocenters. The van der Waals surface area contributed by atoms with E-state index in [0.717, 1.165) is 25.7 Å². The van der Waals surface area contributed by atoms with Crippen molar-refractivity contribution in [2.45, 2.75) is 59.4 Å². The summed E-state index contributed by atoms with van der Waals surface area (Å²) in [6.45, 7) is 8.05. The van der Waals surface area contributed by atoms with Crippen LogP contribution in [0.2, 0.25) is 0 Å². The molecule has 0 spiro atoms. The minimum atomic E-state index is -0.515. The molecule has 0 saturated heterocycles. The van der Waals surface area contributed by atoms with E-state index in [4.69, 9.17) is 4.74 Å². The topological polar surface area (TPSA) is 84.7 Å². The Balaban J connectivity index is 2.00. The van der Waals surface area contributed by atoms with Crippen LogP contribution in [0.1, 0.15) is 74.1 Å². The van der Waals surface area contributed by atoms with Gasteiger partial charge in [-0.15, -0.1) is 5.10 Å². The van der Waals surface area contributed by atoms with Crippen LogP contribution in [0, 0.1) is 11.8 Å². The highest BCUT2D eigenvalue weighted by molar-refractivity contribution is 6.02. The van der Waals surface area contributed by atoms with Crippen LogP contribution < -0.4 is 4.90 Å². The summed E-state index contributed by atoms with van der Waals surface area (Å²) in [7, 11) is 3.40. The lowest BCUT2D eigenvalue weighted by atomic mass is 9.82. The highest BCUT2D eigenvalue weighted by atomic mass is 16.5. The van der Waals surface area contributed by atoms with E-state index in [2.05, 4.69) is 12.0 Å². The molecule has 8 heteroatoms. The summed E-state index contributed by atoms with van der Waals surface area (Å²) in [5.74, 6) is 0.260. The molecule has 0 aliphatic heterocycles. The van der Waals surface area contributed by atoms with Gasteiger partial charge in [-0.25, -0.2) is 9.48 Å². The fourth-order valence-electron chi connectivity index (χ4n) is 4.35. The zero-order chi connectivity index (χ0) is 25.0. The molecule has 8 nitrogen and oxygen atoms in total. The Hall–Kier alpha value is -3.16. The largest absolute Gasteiger partial charge is 0.462 e. The number of hydrogen-bond donors (Lipinski definition) is 0. The first-order chi connectivity index (χ1) is 16.1. The monoisotopic (exact) mass is 468 g/mol. The normalized spacial score (nSPS) is 18.0. The van der Waals surface area contributed by atoms with Crippen molar-refractivity contribution >= 4 is 23.6 Å². The molecule has 0 N–H and O–H groups in total. The van der Waals surface area contributed by atoms with Crippen molar-refractivity contribution in [3.63, 3.8) is 0 Å². The highest BCUT2D eigenvalue weighted by Crippen LogP contribution is 2.33. The first-order valence-corrected chi connectivity index (χ1v) is 12.1. The van der Waals surface area contributed by atoms with Crippen LogP contribution in [0.4, 0.5) is 5.82 Å². The molecule has 0 radical (unpaired) electrons. The van der Waals surface area contributed by atoms with E-state index in [1.54, 1.807) is 61.1 Å². The van der Waals surface area contributed by atoms with Crippen LogP contribution in [-0.2, 0) is 9.53 Å². The summed E-state index contributed by atoms with van der Waals surface area (Å²) in [4.78, 5) is 41.8. The van der Waals surface area contributed by atoms with Gasteiger partial charge in [0.15, 0.2) is 5.82 Å². The molecule has 3 rings (SSSR count). The van der Waals surface area contributed by atoms with Gasteiger partial charge in [-0.1, -0.05) is 6.92 Å². The predicted octanol–water partition coefficient (Wildman–Crippen LogP) is 4.32. The van der Waals surface area contributed by atoms with Crippen molar-refractivity contribution in [1.82, 2.24) is 14.7 Å². The maximum atomic E-state index is 13.6. The number of benzene rings is 1. The predicted molar refractivity (Wildman–Crippen MR) is 131 cm³/mol. The summed E-state index contributed by atoms with van der Waals surface area (Å²) in [6.07, 6.45) is 5.35. The summed E-state index contributed by atoms with van der Waals surface area (Å²) in [5, 5.41) is 4.67. The molecule has 1 aromatic carbocycles. The smallest absolute Gasteiger partial charge is 0.343 e. The second-order valence-corrected chi connectivity index (χ2v) is 9.54. The van der Waals surface area contributed by atoms with E-state index in [9.17, 15) is 14.4 Å². The number of nitrogens with zero attached hydrogens (tertiary/aromatic N) is 4. The van der Waals surface area contributed by atoms with Crippen molar-refractivity contribution in [2.75, 3.05) is 25.6 Å². The number of carbonyl (C=O) groups excluding carboxylic acids is 3. The van der Waals surface area contributed by atoms with E-state index in [-0.39, 0.29) is 35.9 Å². The molecule has 2 aromatic rings. The molecule has 1 aliphatic carbocycles. The third-order valence-electron chi connectivity index (χ3n) is 6.32. The molecule has 2 amide bonds. The molecule has 1 heterocycles.